The zero-order chi connectivity index (χ0) is 19.8. The lowest BCUT2D eigenvalue weighted by Gasteiger charge is -2.18. The second-order valence-electron chi connectivity index (χ2n) is 6.79. The summed E-state index contributed by atoms with van der Waals surface area (Å²) in [6.07, 6.45) is 0. The number of aliphatic carboxylic acids is 1. The molecule has 2 aromatic rings. The summed E-state index contributed by atoms with van der Waals surface area (Å²) in [6, 6.07) is 14.2. The van der Waals surface area contributed by atoms with Crippen LogP contribution in [0.25, 0.3) is 0 Å². The van der Waals surface area contributed by atoms with Crippen LogP contribution in [0.15, 0.2) is 48.5 Å². The molecule has 0 saturated carbocycles. The number of carbonyl (C=O) groups is 2. The zero-order valence-corrected chi connectivity index (χ0v) is 15.9. The number of nitrogens with one attached hydrogen (secondary N) is 2. The van der Waals surface area contributed by atoms with Crippen LogP contribution in [0.1, 0.15) is 25.0 Å². The molecular formula is C21H26N2O4. The summed E-state index contributed by atoms with van der Waals surface area (Å²) >= 11 is 0. The van der Waals surface area contributed by atoms with Crippen molar-refractivity contribution >= 4 is 17.6 Å². The molecule has 1 atom stereocenters. The van der Waals surface area contributed by atoms with Crippen LogP contribution in [0.5, 0.6) is 5.75 Å². The van der Waals surface area contributed by atoms with Gasteiger partial charge < -0.3 is 20.5 Å². The number of amides is 1. The van der Waals surface area contributed by atoms with E-state index >= 15 is 0 Å². The van der Waals surface area contributed by atoms with Crippen molar-refractivity contribution in [2.45, 2.75) is 33.4 Å². The van der Waals surface area contributed by atoms with E-state index < -0.39 is 12.0 Å². The number of anilines is 1. The van der Waals surface area contributed by atoms with E-state index in [-0.39, 0.29) is 18.4 Å². The van der Waals surface area contributed by atoms with E-state index in [1.54, 1.807) is 12.1 Å². The number of carbonyl (C=O) groups excluding carboxylic acids is 1. The van der Waals surface area contributed by atoms with Crippen molar-refractivity contribution in [2.24, 2.45) is 5.92 Å². The Morgan fingerprint density at radius 3 is 2.44 bits per heavy atom. The third-order valence-corrected chi connectivity index (χ3v) is 4.06. The molecule has 3 N–H and O–H groups in total. The second-order valence-corrected chi connectivity index (χ2v) is 6.79. The molecule has 0 heterocycles. The average Bonchev–Trinajstić information content (AvgIpc) is 2.62. The highest BCUT2D eigenvalue weighted by molar-refractivity contribution is 5.91. The van der Waals surface area contributed by atoms with Crippen molar-refractivity contribution in [3.63, 3.8) is 0 Å². The number of benzene rings is 2. The van der Waals surface area contributed by atoms with Crippen molar-refractivity contribution in [3.8, 4) is 5.75 Å². The molecule has 144 valence electrons. The Morgan fingerprint density at radius 2 is 1.81 bits per heavy atom. The first-order chi connectivity index (χ1) is 12.8. The summed E-state index contributed by atoms with van der Waals surface area (Å²) in [5, 5.41) is 15.0. The van der Waals surface area contributed by atoms with Gasteiger partial charge in [-0.2, -0.15) is 0 Å². The van der Waals surface area contributed by atoms with Gasteiger partial charge in [0, 0.05) is 12.2 Å². The minimum atomic E-state index is -0.870. The largest absolute Gasteiger partial charge is 0.484 e. The molecular weight excluding hydrogens is 344 g/mol. The van der Waals surface area contributed by atoms with E-state index in [2.05, 4.69) is 10.6 Å². The molecule has 0 aliphatic heterocycles. The summed E-state index contributed by atoms with van der Waals surface area (Å²) in [6.45, 7) is 6.00. The Bertz CT molecular complexity index is 772. The summed E-state index contributed by atoms with van der Waals surface area (Å²) in [5.74, 6) is -0.574. The average molecular weight is 370 g/mol. The van der Waals surface area contributed by atoms with Gasteiger partial charge >= 0.3 is 5.97 Å². The van der Waals surface area contributed by atoms with Crippen LogP contribution in [-0.2, 0) is 16.1 Å². The van der Waals surface area contributed by atoms with Gasteiger partial charge in [0.25, 0.3) is 5.91 Å². The highest BCUT2D eigenvalue weighted by Crippen LogP contribution is 2.14. The fraction of sp³-hybridized carbons (Fsp3) is 0.333. The quantitative estimate of drug-likeness (QED) is 0.631. The van der Waals surface area contributed by atoms with Crippen molar-refractivity contribution in [1.29, 1.82) is 0 Å². The molecule has 2 rings (SSSR count). The van der Waals surface area contributed by atoms with Crippen LogP contribution >= 0.6 is 0 Å². The van der Waals surface area contributed by atoms with E-state index in [1.807, 2.05) is 57.2 Å². The number of carboxylic acids is 1. The Kier molecular flexibility index (Phi) is 7.37. The molecule has 0 aromatic heterocycles. The molecule has 6 heteroatoms. The summed E-state index contributed by atoms with van der Waals surface area (Å²) in [7, 11) is 0. The van der Waals surface area contributed by atoms with Crippen molar-refractivity contribution in [1.82, 2.24) is 5.32 Å². The van der Waals surface area contributed by atoms with Gasteiger partial charge in [-0.15, -0.1) is 0 Å². The molecule has 0 saturated heterocycles. The minimum Gasteiger partial charge on any atom is -0.484 e. The number of rotatable bonds is 9. The molecule has 0 aliphatic rings. The van der Waals surface area contributed by atoms with Gasteiger partial charge in [-0.1, -0.05) is 43.7 Å². The number of ether oxygens (including phenoxy) is 1. The highest BCUT2D eigenvalue weighted by atomic mass is 16.5. The lowest BCUT2D eigenvalue weighted by molar-refractivity contribution is -0.140. The smallest absolute Gasteiger partial charge is 0.320 e. The monoisotopic (exact) mass is 370 g/mol. The topological polar surface area (TPSA) is 87.7 Å². The molecule has 1 amide bonds. The van der Waals surface area contributed by atoms with E-state index in [4.69, 9.17) is 4.74 Å². The molecule has 0 bridgehead atoms. The molecule has 6 nitrogen and oxygen atoms in total. The molecule has 2 aromatic carbocycles. The summed E-state index contributed by atoms with van der Waals surface area (Å²) in [5.41, 5.74) is 2.73. The SMILES string of the molecule is Cc1ccc(NC(=O)COc2cccc(CNC(C(=O)O)C(C)C)c2)cc1. The minimum absolute atomic E-state index is 0.0209. The lowest BCUT2D eigenvalue weighted by atomic mass is 10.0. The first-order valence-electron chi connectivity index (χ1n) is 8.89. The molecule has 0 fully saturated rings. The predicted molar refractivity (Wildman–Crippen MR) is 105 cm³/mol. The lowest BCUT2D eigenvalue weighted by Crippen LogP contribution is -2.40. The van der Waals surface area contributed by atoms with E-state index in [0.717, 1.165) is 16.8 Å². The van der Waals surface area contributed by atoms with Crippen LogP contribution in [-0.4, -0.2) is 29.6 Å². The van der Waals surface area contributed by atoms with E-state index in [1.165, 1.54) is 0 Å². The molecule has 27 heavy (non-hydrogen) atoms. The zero-order valence-electron chi connectivity index (χ0n) is 15.9. The number of hydrogen-bond donors (Lipinski definition) is 3. The Morgan fingerprint density at radius 1 is 1.11 bits per heavy atom. The van der Waals surface area contributed by atoms with Crippen LogP contribution in [0, 0.1) is 12.8 Å². The third-order valence-electron chi connectivity index (χ3n) is 4.06. The first kappa shape index (κ1) is 20.5. The van der Waals surface area contributed by atoms with Gasteiger partial charge in [-0.3, -0.25) is 9.59 Å². The summed E-state index contributed by atoms with van der Waals surface area (Å²) < 4.78 is 5.55. The maximum absolute atomic E-state index is 12.0. The van der Waals surface area contributed by atoms with E-state index in [0.29, 0.717) is 12.3 Å². The van der Waals surface area contributed by atoms with Crippen LogP contribution in [0.3, 0.4) is 0 Å². The first-order valence-corrected chi connectivity index (χ1v) is 8.89. The normalized spacial score (nSPS) is 11.9. The van der Waals surface area contributed by atoms with E-state index in [9.17, 15) is 14.7 Å². The number of hydrogen-bond acceptors (Lipinski definition) is 4. The fourth-order valence-electron chi connectivity index (χ4n) is 2.56. The molecule has 0 aliphatic carbocycles. The van der Waals surface area contributed by atoms with Gasteiger partial charge in [0.2, 0.25) is 0 Å². The van der Waals surface area contributed by atoms with Gasteiger partial charge in [0.05, 0.1) is 0 Å². The van der Waals surface area contributed by atoms with Gasteiger partial charge in [-0.05, 0) is 42.7 Å². The molecule has 1 unspecified atom stereocenters. The van der Waals surface area contributed by atoms with Gasteiger partial charge in [-0.25, -0.2) is 0 Å². The van der Waals surface area contributed by atoms with Crippen LogP contribution < -0.4 is 15.4 Å². The predicted octanol–water partition coefficient (Wildman–Crippen LogP) is 3.21. The Balaban J connectivity index is 1.86. The molecule has 0 radical (unpaired) electrons. The third kappa shape index (κ3) is 6.75. The Hall–Kier alpha value is -2.86. The van der Waals surface area contributed by atoms with Gasteiger partial charge in [0.1, 0.15) is 11.8 Å². The van der Waals surface area contributed by atoms with Crippen LogP contribution in [0.2, 0.25) is 0 Å². The second kappa shape index (κ2) is 9.73. The standard InChI is InChI=1S/C21H26N2O4/c1-14(2)20(21(25)26)22-12-16-5-4-6-18(11-16)27-13-19(24)23-17-9-7-15(3)8-10-17/h4-11,14,20,22H,12-13H2,1-3H3,(H,23,24)(H,25,26). The van der Waals surface area contributed by atoms with Gasteiger partial charge in [0.15, 0.2) is 6.61 Å². The number of aryl methyl sites for hydroxylation is 1. The Labute approximate surface area is 159 Å². The number of carboxylic acid groups (broad SMARTS) is 1. The van der Waals surface area contributed by atoms with Crippen molar-refractivity contribution in [2.75, 3.05) is 11.9 Å². The molecule has 0 spiro atoms. The van der Waals surface area contributed by atoms with Crippen LogP contribution in [0.4, 0.5) is 5.69 Å². The van der Waals surface area contributed by atoms with Crippen molar-refractivity contribution < 1.29 is 19.4 Å². The maximum Gasteiger partial charge on any atom is 0.320 e. The van der Waals surface area contributed by atoms with Crippen molar-refractivity contribution in [3.05, 3.63) is 59.7 Å². The highest BCUT2D eigenvalue weighted by Gasteiger charge is 2.20. The fourth-order valence-corrected chi connectivity index (χ4v) is 2.56. The maximum atomic E-state index is 12.0. The summed E-state index contributed by atoms with van der Waals surface area (Å²) in [4.78, 5) is 23.3.